The number of nitrogens with one attached hydrogen (secondary N) is 2. The van der Waals surface area contributed by atoms with E-state index in [1.165, 1.54) is 37.0 Å². The van der Waals surface area contributed by atoms with Gasteiger partial charge < -0.3 is 15.5 Å². The highest BCUT2D eigenvalue weighted by Gasteiger charge is 2.33. The number of amides is 2. The van der Waals surface area contributed by atoms with Crippen LogP contribution in [0.25, 0.3) is 0 Å². The maximum absolute atomic E-state index is 12.6. The zero-order chi connectivity index (χ0) is 20.0. The van der Waals surface area contributed by atoms with E-state index in [0.717, 1.165) is 12.8 Å². The number of anilines is 1. The third-order valence-corrected chi connectivity index (χ3v) is 6.58. The lowest BCUT2D eigenvalue weighted by atomic mass is 9.88. The Hall–Kier alpha value is -2.18. The first-order valence-corrected chi connectivity index (χ1v) is 10.8. The average molecular weight is 400 g/mol. The standard InChI is InChI=1S/C22H29N3O2S/c1-25(2)22(13-5-3-4-6-14-22)16-23-20(26)17-9-11-18(12-10-17)24-21(27)19-8-7-15-28-19/h7-12,15H,3-6,13-14,16H2,1-2H3,(H,23,26)(H,24,27). The first kappa shape index (κ1) is 20.6. The van der Waals surface area contributed by atoms with Crippen molar-refractivity contribution in [3.63, 3.8) is 0 Å². The van der Waals surface area contributed by atoms with Crippen LogP contribution >= 0.6 is 11.3 Å². The van der Waals surface area contributed by atoms with Gasteiger partial charge in [0.1, 0.15) is 0 Å². The minimum atomic E-state index is -0.131. The minimum Gasteiger partial charge on any atom is -0.350 e. The van der Waals surface area contributed by atoms with E-state index < -0.39 is 0 Å². The molecule has 1 saturated carbocycles. The smallest absolute Gasteiger partial charge is 0.265 e. The van der Waals surface area contributed by atoms with Crippen molar-refractivity contribution >= 4 is 28.8 Å². The van der Waals surface area contributed by atoms with Gasteiger partial charge in [-0.1, -0.05) is 31.7 Å². The molecular weight excluding hydrogens is 370 g/mol. The van der Waals surface area contributed by atoms with Gasteiger partial charge >= 0.3 is 0 Å². The molecule has 1 aliphatic carbocycles. The summed E-state index contributed by atoms with van der Waals surface area (Å²) < 4.78 is 0. The Morgan fingerprint density at radius 1 is 1.00 bits per heavy atom. The molecule has 1 fully saturated rings. The molecule has 0 unspecified atom stereocenters. The van der Waals surface area contributed by atoms with E-state index in [-0.39, 0.29) is 17.4 Å². The Bertz CT molecular complexity index is 777. The highest BCUT2D eigenvalue weighted by molar-refractivity contribution is 7.12. The predicted molar refractivity (Wildman–Crippen MR) is 115 cm³/mol. The van der Waals surface area contributed by atoms with Crippen LogP contribution < -0.4 is 10.6 Å². The van der Waals surface area contributed by atoms with Crippen molar-refractivity contribution in [1.82, 2.24) is 10.2 Å². The van der Waals surface area contributed by atoms with Crippen LogP contribution in [-0.4, -0.2) is 42.9 Å². The monoisotopic (exact) mass is 399 g/mol. The lowest BCUT2D eigenvalue weighted by Gasteiger charge is -2.39. The van der Waals surface area contributed by atoms with Gasteiger partial charge in [-0.2, -0.15) is 0 Å². The molecule has 0 bridgehead atoms. The molecule has 0 spiro atoms. The van der Waals surface area contributed by atoms with E-state index in [9.17, 15) is 9.59 Å². The maximum Gasteiger partial charge on any atom is 0.265 e. The third kappa shape index (κ3) is 5.00. The van der Waals surface area contributed by atoms with Crippen molar-refractivity contribution in [2.45, 2.75) is 44.1 Å². The Kier molecular flexibility index (Phi) is 6.86. The summed E-state index contributed by atoms with van der Waals surface area (Å²) in [5.41, 5.74) is 1.33. The Morgan fingerprint density at radius 2 is 1.68 bits per heavy atom. The van der Waals surface area contributed by atoms with Gasteiger partial charge in [-0.05, 0) is 62.6 Å². The summed E-state index contributed by atoms with van der Waals surface area (Å²) in [5.74, 6) is -0.199. The molecule has 1 heterocycles. The summed E-state index contributed by atoms with van der Waals surface area (Å²) >= 11 is 1.40. The summed E-state index contributed by atoms with van der Waals surface area (Å²) in [6.07, 6.45) is 7.23. The quantitative estimate of drug-likeness (QED) is 0.709. The van der Waals surface area contributed by atoms with Gasteiger partial charge in [0, 0.05) is 23.3 Å². The van der Waals surface area contributed by atoms with Crippen LogP contribution in [0.2, 0.25) is 0 Å². The number of carbonyl (C=O) groups excluding carboxylic acids is 2. The summed E-state index contributed by atoms with van der Waals surface area (Å²) in [7, 11) is 4.23. The van der Waals surface area contributed by atoms with Crippen molar-refractivity contribution in [3.05, 3.63) is 52.2 Å². The Balaban J connectivity index is 1.59. The van der Waals surface area contributed by atoms with Crippen LogP contribution in [0, 0.1) is 0 Å². The van der Waals surface area contributed by atoms with Crippen LogP contribution in [0.1, 0.15) is 58.6 Å². The predicted octanol–water partition coefficient (Wildman–Crippen LogP) is 4.38. The summed E-state index contributed by atoms with van der Waals surface area (Å²) in [6.45, 7) is 0.662. The molecule has 3 rings (SSSR count). The van der Waals surface area contributed by atoms with E-state index in [1.807, 2.05) is 11.4 Å². The highest BCUT2D eigenvalue weighted by atomic mass is 32.1. The minimum absolute atomic E-state index is 0.0424. The van der Waals surface area contributed by atoms with Crippen LogP contribution in [0.3, 0.4) is 0 Å². The number of hydrogen-bond donors (Lipinski definition) is 2. The van der Waals surface area contributed by atoms with Crippen molar-refractivity contribution in [2.75, 3.05) is 26.0 Å². The molecule has 2 amide bonds. The topological polar surface area (TPSA) is 61.4 Å². The summed E-state index contributed by atoms with van der Waals surface area (Å²) in [5, 5.41) is 7.86. The molecule has 150 valence electrons. The van der Waals surface area contributed by atoms with Crippen LogP contribution in [-0.2, 0) is 0 Å². The van der Waals surface area contributed by atoms with Crippen molar-refractivity contribution < 1.29 is 9.59 Å². The molecule has 0 saturated heterocycles. The molecule has 28 heavy (non-hydrogen) atoms. The summed E-state index contributed by atoms with van der Waals surface area (Å²) in [6, 6.07) is 10.7. The molecular formula is C22H29N3O2S. The number of hydrogen-bond acceptors (Lipinski definition) is 4. The van der Waals surface area contributed by atoms with E-state index in [4.69, 9.17) is 0 Å². The highest BCUT2D eigenvalue weighted by Crippen LogP contribution is 2.30. The number of carbonyl (C=O) groups is 2. The zero-order valence-corrected chi connectivity index (χ0v) is 17.5. The Morgan fingerprint density at radius 3 is 2.25 bits per heavy atom. The van der Waals surface area contributed by atoms with Gasteiger partial charge in [0.05, 0.1) is 4.88 Å². The van der Waals surface area contributed by atoms with E-state index >= 15 is 0 Å². The molecule has 2 N–H and O–H groups in total. The fourth-order valence-corrected chi connectivity index (χ4v) is 4.44. The largest absolute Gasteiger partial charge is 0.350 e. The molecule has 5 nitrogen and oxygen atoms in total. The fourth-order valence-electron chi connectivity index (χ4n) is 3.82. The molecule has 0 atom stereocenters. The molecule has 1 aromatic heterocycles. The molecule has 0 radical (unpaired) electrons. The average Bonchev–Trinajstić information content (AvgIpc) is 3.12. The summed E-state index contributed by atoms with van der Waals surface area (Å²) in [4.78, 5) is 27.7. The van der Waals surface area contributed by atoms with Crippen LogP contribution in [0.15, 0.2) is 41.8 Å². The number of benzene rings is 1. The van der Waals surface area contributed by atoms with E-state index in [2.05, 4.69) is 29.6 Å². The van der Waals surface area contributed by atoms with Gasteiger partial charge in [0.2, 0.25) is 0 Å². The van der Waals surface area contributed by atoms with Crippen molar-refractivity contribution in [2.24, 2.45) is 0 Å². The zero-order valence-electron chi connectivity index (χ0n) is 16.7. The van der Waals surface area contributed by atoms with Gasteiger partial charge in [0.25, 0.3) is 11.8 Å². The lowest BCUT2D eigenvalue weighted by Crippen LogP contribution is -2.52. The molecule has 1 aliphatic rings. The van der Waals surface area contributed by atoms with Crippen LogP contribution in [0.5, 0.6) is 0 Å². The fraction of sp³-hybridized carbons (Fsp3) is 0.455. The maximum atomic E-state index is 12.6. The first-order valence-electron chi connectivity index (χ1n) is 9.91. The number of nitrogens with zero attached hydrogens (tertiary/aromatic N) is 1. The number of thiophene rings is 1. The number of rotatable bonds is 6. The Labute approximate surface area is 171 Å². The third-order valence-electron chi connectivity index (χ3n) is 5.71. The van der Waals surface area contributed by atoms with Gasteiger partial charge in [0.15, 0.2) is 0 Å². The molecule has 2 aromatic rings. The SMILES string of the molecule is CN(C)C1(CNC(=O)c2ccc(NC(=O)c3cccs3)cc2)CCCCCC1. The number of likely N-dealkylation sites (N-methyl/N-ethyl adjacent to an activating group) is 1. The second-order valence-corrected chi connectivity index (χ2v) is 8.67. The first-order chi connectivity index (χ1) is 13.5. The van der Waals surface area contributed by atoms with E-state index in [0.29, 0.717) is 22.7 Å². The van der Waals surface area contributed by atoms with Gasteiger partial charge in [-0.15, -0.1) is 11.3 Å². The second-order valence-electron chi connectivity index (χ2n) is 7.72. The van der Waals surface area contributed by atoms with Gasteiger partial charge in [-0.3, -0.25) is 9.59 Å². The molecule has 1 aromatic carbocycles. The van der Waals surface area contributed by atoms with Crippen molar-refractivity contribution in [1.29, 1.82) is 0 Å². The van der Waals surface area contributed by atoms with Crippen molar-refractivity contribution in [3.8, 4) is 0 Å². The lowest BCUT2D eigenvalue weighted by molar-refractivity contribution is 0.0869. The molecule has 0 aliphatic heterocycles. The van der Waals surface area contributed by atoms with E-state index in [1.54, 1.807) is 30.3 Å². The van der Waals surface area contributed by atoms with Crippen LogP contribution in [0.4, 0.5) is 5.69 Å². The second kappa shape index (κ2) is 9.34. The van der Waals surface area contributed by atoms with Gasteiger partial charge in [-0.25, -0.2) is 0 Å². The molecule has 6 heteroatoms. The normalized spacial score (nSPS) is 16.4.